The van der Waals surface area contributed by atoms with Crippen LogP contribution in [0.15, 0.2) is 64.5 Å². The number of nitro benzene ring substituents is 1. The first-order valence-electron chi connectivity index (χ1n) is 9.10. The van der Waals surface area contributed by atoms with Crippen LogP contribution in [0.2, 0.25) is 0 Å². The molecule has 0 unspecified atom stereocenters. The summed E-state index contributed by atoms with van der Waals surface area (Å²) in [5, 5.41) is 14.3. The van der Waals surface area contributed by atoms with E-state index in [9.17, 15) is 14.9 Å². The van der Waals surface area contributed by atoms with Gasteiger partial charge >= 0.3 is 0 Å². The number of amidine groups is 1. The third-order valence-electron chi connectivity index (χ3n) is 4.07. The van der Waals surface area contributed by atoms with Gasteiger partial charge in [0.05, 0.1) is 23.3 Å². The van der Waals surface area contributed by atoms with Crippen molar-refractivity contribution in [3.63, 3.8) is 0 Å². The number of amides is 1. The summed E-state index contributed by atoms with van der Waals surface area (Å²) in [6, 6.07) is 15.0. The Kier molecular flexibility index (Phi) is 7.04. The molecule has 10 heteroatoms. The van der Waals surface area contributed by atoms with Crippen LogP contribution in [-0.2, 0) is 9.53 Å². The molecule has 1 heterocycles. The third-order valence-corrected chi connectivity index (χ3v) is 5.06. The Hall–Kier alpha value is -3.37. The van der Waals surface area contributed by atoms with Gasteiger partial charge in [-0.3, -0.25) is 30.8 Å². The maximum Gasteiger partial charge on any atom is 0.269 e. The zero-order chi connectivity index (χ0) is 21.5. The molecule has 9 nitrogen and oxygen atoms in total. The lowest BCUT2D eigenvalue weighted by Crippen LogP contribution is -2.41. The number of nitrogens with zero attached hydrogens (tertiary/aromatic N) is 2. The predicted molar refractivity (Wildman–Crippen MR) is 118 cm³/mol. The van der Waals surface area contributed by atoms with Gasteiger partial charge in [0.2, 0.25) is 0 Å². The number of benzene rings is 2. The molecular weight excluding hydrogens is 406 g/mol. The maximum absolute atomic E-state index is 13.0. The van der Waals surface area contributed by atoms with Gasteiger partial charge in [-0.25, -0.2) is 0 Å². The molecule has 0 aromatic heterocycles. The second kappa shape index (κ2) is 9.90. The number of aliphatic imine (C=N–C) groups is 1. The van der Waals surface area contributed by atoms with Gasteiger partial charge in [-0.2, -0.15) is 0 Å². The molecule has 0 bridgehead atoms. The smallest absolute Gasteiger partial charge is 0.269 e. The van der Waals surface area contributed by atoms with Gasteiger partial charge in [0.15, 0.2) is 5.17 Å². The average molecular weight is 427 g/mol. The van der Waals surface area contributed by atoms with Crippen LogP contribution in [0.4, 0.5) is 11.4 Å². The molecule has 2 aromatic carbocycles. The molecule has 2 aromatic rings. The highest BCUT2D eigenvalue weighted by Crippen LogP contribution is 2.31. The van der Waals surface area contributed by atoms with Crippen LogP contribution in [0, 0.1) is 10.1 Å². The minimum absolute atomic E-state index is 0.0262. The fourth-order valence-electron chi connectivity index (χ4n) is 2.71. The van der Waals surface area contributed by atoms with Crippen LogP contribution < -0.4 is 16.2 Å². The molecule has 0 saturated carbocycles. The van der Waals surface area contributed by atoms with E-state index < -0.39 is 4.92 Å². The summed E-state index contributed by atoms with van der Waals surface area (Å²) in [7, 11) is 1.60. The van der Waals surface area contributed by atoms with E-state index in [1.165, 1.54) is 23.9 Å². The summed E-state index contributed by atoms with van der Waals surface area (Å²) >= 11 is 1.18. The molecule has 0 aliphatic carbocycles. The third kappa shape index (κ3) is 5.37. The Morgan fingerprint density at radius 1 is 1.20 bits per heavy atom. The Bertz CT molecular complexity index is 976. The molecule has 1 aliphatic rings. The number of thioether (sulfide) groups is 1. The van der Waals surface area contributed by atoms with E-state index in [0.29, 0.717) is 33.6 Å². The first-order valence-corrected chi connectivity index (χ1v) is 9.91. The summed E-state index contributed by atoms with van der Waals surface area (Å²) < 4.78 is 5.11. The lowest BCUT2D eigenvalue weighted by molar-refractivity contribution is -0.384. The van der Waals surface area contributed by atoms with E-state index >= 15 is 0 Å². The lowest BCUT2D eigenvalue weighted by atomic mass is 10.1. The summed E-state index contributed by atoms with van der Waals surface area (Å²) in [6.07, 6.45) is 0. The largest absolute Gasteiger partial charge is 0.382 e. The van der Waals surface area contributed by atoms with E-state index in [1.54, 1.807) is 31.4 Å². The molecule has 1 atom stereocenters. The van der Waals surface area contributed by atoms with Crippen molar-refractivity contribution in [3.05, 3.63) is 75.2 Å². The van der Waals surface area contributed by atoms with E-state index in [4.69, 9.17) is 4.74 Å². The second-order valence-electron chi connectivity index (χ2n) is 6.42. The Morgan fingerprint density at radius 2 is 1.90 bits per heavy atom. The molecule has 3 rings (SSSR count). The normalized spacial score (nSPS) is 15.9. The van der Waals surface area contributed by atoms with Crippen molar-refractivity contribution in [2.45, 2.75) is 13.0 Å². The molecule has 3 N–H and O–H groups in total. The number of ether oxygens (including phenoxy) is 1. The van der Waals surface area contributed by atoms with Crippen LogP contribution in [0.25, 0.3) is 5.70 Å². The van der Waals surface area contributed by atoms with Crippen LogP contribution in [0.1, 0.15) is 12.5 Å². The molecule has 30 heavy (non-hydrogen) atoms. The van der Waals surface area contributed by atoms with Crippen LogP contribution in [0.3, 0.4) is 0 Å². The SMILES string of the molecule is COC[C@H](C)N=C1NNC(c2ccc([N+](=O)[O-])cc2)=C(C(=O)Nc2ccccc2)S1. The standard InChI is InChI=1S/C20H21N5O4S/c1-13(12-29-2)21-20-24-23-17(14-8-10-16(11-9-14)25(27)28)18(30-20)19(26)22-15-6-4-3-5-7-15/h3-11,13,23H,12H2,1-2H3,(H,21,24)(H,22,26)/t13-/m0/s1. The highest BCUT2D eigenvalue weighted by Gasteiger charge is 2.25. The molecule has 0 spiro atoms. The molecule has 1 aliphatic heterocycles. The van der Waals surface area contributed by atoms with E-state index in [2.05, 4.69) is 21.2 Å². The highest BCUT2D eigenvalue weighted by molar-refractivity contribution is 8.18. The van der Waals surface area contributed by atoms with Gasteiger partial charge in [0, 0.05) is 30.5 Å². The molecule has 1 amide bonds. The quantitative estimate of drug-likeness (QED) is 0.459. The van der Waals surface area contributed by atoms with Crippen LogP contribution in [-0.4, -0.2) is 35.8 Å². The number of rotatable bonds is 7. The van der Waals surface area contributed by atoms with E-state index in [-0.39, 0.29) is 17.6 Å². The Balaban J connectivity index is 1.94. The van der Waals surface area contributed by atoms with Gasteiger partial charge in [-0.15, -0.1) is 0 Å². The number of anilines is 1. The number of para-hydroxylation sites is 1. The van der Waals surface area contributed by atoms with Gasteiger partial charge in [-0.05, 0) is 43.0 Å². The minimum Gasteiger partial charge on any atom is -0.382 e. The number of carbonyl (C=O) groups is 1. The molecule has 0 saturated heterocycles. The first-order chi connectivity index (χ1) is 14.5. The average Bonchev–Trinajstić information content (AvgIpc) is 2.74. The maximum atomic E-state index is 13.0. The summed E-state index contributed by atoms with van der Waals surface area (Å²) in [4.78, 5) is 28.4. The fraction of sp³-hybridized carbons (Fsp3) is 0.200. The highest BCUT2D eigenvalue weighted by atomic mass is 32.2. The summed E-state index contributed by atoms with van der Waals surface area (Å²) in [6.45, 7) is 2.34. The topological polar surface area (TPSA) is 118 Å². The molecular formula is C20H21N5O4S. The van der Waals surface area contributed by atoms with Crippen molar-refractivity contribution in [1.82, 2.24) is 10.9 Å². The number of nitro groups is 1. The minimum atomic E-state index is -0.468. The van der Waals surface area contributed by atoms with Crippen molar-refractivity contribution < 1.29 is 14.5 Å². The number of carbonyl (C=O) groups excluding carboxylic acids is 1. The van der Waals surface area contributed by atoms with Crippen LogP contribution in [0.5, 0.6) is 0 Å². The number of nitrogens with one attached hydrogen (secondary N) is 3. The Morgan fingerprint density at radius 3 is 2.53 bits per heavy atom. The Labute approximate surface area is 177 Å². The number of methoxy groups -OCH3 is 1. The molecule has 156 valence electrons. The molecule has 0 fully saturated rings. The van der Waals surface area contributed by atoms with E-state index in [1.807, 2.05) is 25.1 Å². The van der Waals surface area contributed by atoms with Gasteiger partial charge < -0.3 is 10.1 Å². The van der Waals surface area contributed by atoms with Gasteiger partial charge in [0.1, 0.15) is 4.91 Å². The van der Waals surface area contributed by atoms with Crippen molar-refractivity contribution in [1.29, 1.82) is 0 Å². The monoisotopic (exact) mass is 427 g/mol. The number of non-ortho nitro benzene ring substituents is 1. The van der Waals surface area contributed by atoms with Gasteiger partial charge in [-0.1, -0.05) is 18.2 Å². The van der Waals surface area contributed by atoms with Crippen molar-refractivity contribution in [2.75, 3.05) is 19.0 Å². The van der Waals surface area contributed by atoms with E-state index in [0.717, 1.165) is 0 Å². The van der Waals surface area contributed by atoms with Crippen LogP contribution >= 0.6 is 11.8 Å². The first kappa shape index (κ1) is 21.3. The number of hydrogen-bond acceptors (Lipinski definition) is 7. The fourth-order valence-corrected chi connectivity index (χ4v) is 3.65. The van der Waals surface area contributed by atoms with Gasteiger partial charge in [0.25, 0.3) is 11.6 Å². The van der Waals surface area contributed by atoms with Crippen molar-refractivity contribution in [3.8, 4) is 0 Å². The predicted octanol–water partition coefficient (Wildman–Crippen LogP) is 3.13. The number of hydrazine groups is 1. The van der Waals surface area contributed by atoms with Crippen molar-refractivity contribution >= 4 is 39.9 Å². The second-order valence-corrected chi connectivity index (χ2v) is 7.42. The van der Waals surface area contributed by atoms with Crippen molar-refractivity contribution in [2.24, 2.45) is 4.99 Å². The zero-order valence-electron chi connectivity index (χ0n) is 16.4. The number of hydrogen-bond donors (Lipinski definition) is 3. The summed E-state index contributed by atoms with van der Waals surface area (Å²) in [5.41, 5.74) is 7.74. The zero-order valence-corrected chi connectivity index (χ0v) is 17.2. The molecule has 0 radical (unpaired) electrons. The summed E-state index contributed by atoms with van der Waals surface area (Å²) in [5.74, 6) is -0.319. The lowest BCUT2D eigenvalue weighted by Gasteiger charge is -2.24.